The minimum atomic E-state index is -1.08. The molecule has 5 aromatic rings. The van der Waals surface area contributed by atoms with Gasteiger partial charge in [0.05, 0.1) is 24.8 Å². The molecule has 12 heteroatoms. The highest BCUT2D eigenvalue weighted by atomic mass is 32.2. The van der Waals surface area contributed by atoms with Crippen LogP contribution < -0.4 is 19.1 Å². The van der Waals surface area contributed by atoms with Gasteiger partial charge >= 0.3 is 5.91 Å². The van der Waals surface area contributed by atoms with E-state index in [0.717, 1.165) is 16.9 Å². The van der Waals surface area contributed by atoms with Crippen molar-refractivity contribution in [3.05, 3.63) is 131 Å². The predicted molar refractivity (Wildman–Crippen MR) is 187 cm³/mol. The Bertz CT molecular complexity index is 1980. The van der Waals surface area contributed by atoms with Crippen molar-refractivity contribution in [1.82, 2.24) is 10.2 Å². The fourth-order valence-corrected chi connectivity index (χ4v) is 7.16. The lowest BCUT2D eigenvalue weighted by atomic mass is 9.95. The second kappa shape index (κ2) is 15.3. The second-order valence-corrected chi connectivity index (χ2v) is 12.9. The maximum atomic E-state index is 14.3. The van der Waals surface area contributed by atoms with Gasteiger partial charge in [-0.1, -0.05) is 77.7 Å². The van der Waals surface area contributed by atoms with Gasteiger partial charge in [-0.3, -0.25) is 14.5 Å². The van der Waals surface area contributed by atoms with Crippen LogP contribution in [0.3, 0.4) is 0 Å². The fourth-order valence-electron chi connectivity index (χ4n) is 5.31. The van der Waals surface area contributed by atoms with Gasteiger partial charge in [0.2, 0.25) is 5.13 Å². The number of halogens is 1. The molecule has 1 aliphatic rings. The highest BCUT2D eigenvalue weighted by Crippen LogP contribution is 2.46. The molecule has 9 nitrogen and oxygen atoms in total. The smallest absolute Gasteiger partial charge is 0.301 e. The Morgan fingerprint density at radius 3 is 2.35 bits per heavy atom. The number of amides is 1. The molecule has 1 fully saturated rings. The average molecular weight is 698 g/mol. The zero-order valence-corrected chi connectivity index (χ0v) is 28.3. The van der Waals surface area contributed by atoms with Crippen LogP contribution in [0.1, 0.15) is 42.1 Å². The van der Waals surface area contributed by atoms with Crippen LogP contribution in [0.25, 0.3) is 5.76 Å². The predicted octanol–water partition coefficient (Wildman–Crippen LogP) is 7.97. The molecule has 0 saturated carbocycles. The van der Waals surface area contributed by atoms with Gasteiger partial charge in [-0.05, 0) is 73.0 Å². The van der Waals surface area contributed by atoms with Crippen molar-refractivity contribution in [1.29, 1.82) is 0 Å². The number of thioether (sulfide) groups is 1. The maximum absolute atomic E-state index is 14.3. The highest BCUT2D eigenvalue weighted by molar-refractivity contribution is 8.00. The van der Waals surface area contributed by atoms with Crippen LogP contribution in [-0.2, 0) is 21.9 Å². The van der Waals surface area contributed by atoms with E-state index in [-0.39, 0.29) is 22.3 Å². The average Bonchev–Trinajstić information content (AvgIpc) is 3.69. The molecule has 49 heavy (non-hydrogen) atoms. The highest BCUT2D eigenvalue weighted by Gasteiger charge is 2.48. The van der Waals surface area contributed by atoms with Crippen LogP contribution in [0.15, 0.2) is 107 Å². The van der Waals surface area contributed by atoms with Crippen molar-refractivity contribution in [2.24, 2.45) is 0 Å². The van der Waals surface area contributed by atoms with Crippen LogP contribution in [0.5, 0.6) is 17.2 Å². The molecule has 1 aliphatic heterocycles. The summed E-state index contributed by atoms with van der Waals surface area (Å²) in [6, 6.07) is 26.8. The number of carbonyl (C=O) groups is 2. The Morgan fingerprint density at radius 2 is 1.61 bits per heavy atom. The van der Waals surface area contributed by atoms with Crippen LogP contribution >= 0.6 is 23.1 Å². The topological polar surface area (TPSA) is 111 Å². The quantitative estimate of drug-likeness (QED) is 0.0431. The van der Waals surface area contributed by atoms with E-state index in [1.807, 2.05) is 44.2 Å². The van der Waals surface area contributed by atoms with E-state index in [9.17, 15) is 19.1 Å². The first-order valence-corrected chi connectivity index (χ1v) is 17.4. The number of aromatic nitrogens is 2. The molecule has 0 radical (unpaired) electrons. The molecule has 2 heterocycles. The molecule has 0 bridgehead atoms. The summed E-state index contributed by atoms with van der Waals surface area (Å²) in [4.78, 5) is 28.8. The lowest BCUT2D eigenvalue weighted by Gasteiger charge is -2.23. The van der Waals surface area contributed by atoms with Crippen molar-refractivity contribution in [3.8, 4) is 17.2 Å². The summed E-state index contributed by atoms with van der Waals surface area (Å²) >= 11 is 2.36. The molecule has 1 amide bonds. The van der Waals surface area contributed by atoms with Crippen molar-refractivity contribution in [2.45, 2.75) is 36.6 Å². The first-order chi connectivity index (χ1) is 23.9. The van der Waals surface area contributed by atoms with Crippen molar-refractivity contribution >= 4 is 45.7 Å². The lowest BCUT2D eigenvalue weighted by Crippen LogP contribution is -2.29. The lowest BCUT2D eigenvalue weighted by molar-refractivity contribution is -0.132. The summed E-state index contributed by atoms with van der Waals surface area (Å²) < 4.78 is 32.3. The van der Waals surface area contributed by atoms with Gasteiger partial charge in [0, 0.05) is 11.3 Å². The normalized spacial score (nSPS) is 15.4. The number of nitrogens with zero attached hydrogens (tertiary/aromatic N) is 3. The van der Waals surface area contributed by atoms with Crippen molar-refractivity contribution < 1.29 is 33.3 Å². The fraction of sp³-hybridized carbons (Fsp3) is 0.189. The first kappa shape index (κ1) is 33.7. The third-order valence-corrected chi connectivity index (χ3v) is 9.72. The SMILES string of the molecule is CCOc1ccc(C(O)=C2C(=O)C(=O)N(c3nnc(SCc4ccccc4F)s3)C2c2ccc(OCc3ccccc3)c(OCC)c2)cc1. The molecule has 6 rings (SSSR count). The van der Waals surface area contributed by atoms with E-state index in [1.165, 1.54) is 22.7 Å². The Morgan fingerprint density at radius 1 is 0.878 bits per heavy atom. The molecule has 1 saturated heterocycles. The molecule has 1 aromatic heterocycles. The second-order valence-electron chi connectivity index (χ2n) is 10.8. The number of aliphatic hydroxyl groups is 1. The number of carbonyl (C=O) groups excluding carboxylic acids is 2. The summed E-state index contributed by atoms with van der Waals surface area (Å²) in [6.45, 7) is 4.80. The van der Waals surface area contributed by atoms with Gasteiger partial charge in [0.15, 0.2) is 15.8 Å². The standard InChI is InChI=1S/C37H32FN3O6S2/c1-3-45-27-17-14-24(15-18-27)33(42)31-32(25-16-19-29(30(20-25)46-4-2)47-21-23-10-6-5-7-11-23)41(35(44)34(31)43)36-39-40-37(49-36)48-22-26-12-8-9-13-28(26)38/h5-20,32,42H,3-4,21-22H2,1-2H3. The largest absolute Gasteiger partial charge is 0.507 e. The van der Waals surface area contributed by atoms with Gasteiger partial charge in [0.25, 0.3) is 5.78 Å². The Labute approximate surface area is 291 Å². The van der Waals surface area contributed by atoms with E-state index in [0.29, 0.717) is 63.9 Å². The van der Waals surface area contributed by atoms with Gasteiger partial charge in [-0.15, -0.1) is 10.2 Å². The third kappa shape index (κ3) is 7.45. The van der Waals surface area contributed by atoms with Crippen LogP contribution in [0.2, 0.25) is 0 Å². The molecule has 1 atom stereocenters. The summed E-state index contributed by atoms with van der Waals surface area (Å²) in [5, 5.41) is 20.3. The van der Waals surface area contributed by atoms with Crippen molar-refractivity contribution in [2.75, 3.05) is 18.1 Å². The zero-order valence-electron chi connectivity index (χ0n) is 26.7. The molecule has 1 N–H and O–H groups in total. The van der Waals surface area contributed by atoms with Gasteiger partial charge in [0.1, 0.15) is 23.9 Å². The number of benzene rings is 4. The van der Waals surface area contributed by atoms with E-state index in [2.05, 4.69) is 10.2 Å². The van der Waals surface area contributed by atoms with E-state index < -0.39 is 17.7 Å². The van der Waals surface area contributed by atoms with Crippen LogP contribution in [-0.4, -0.2) is 40.2 Å². The summed E-state index contributed by atoms with van der Waals surface area (Å²) in [5.41, 5.74) is 2.16. The van der Waals surface area contributed by atoms with Crippen molar-refractivity contribution in [3.63, 3.8) is 0 Å². The van der Waals surface area contributed by atoms with E-state index >= 15 is 0 Å². The van der Waals surface area contributed by atoms with E-state index in [1.54, 1.807) is 60.7 Å². The van der Waals surface area contributed by atoms with Gasteiger partial charge in [-0.2, -0.15) is 0 Å². The van der Waals surface area contributed by atoms with Gasteiger partial charge in [-0.25, -0.2) is 4.39 Å². The first-order valence-electron chi connectivity index (χ1n) is 15.5. The summed E-state index contributed by atoms with van der Waals surface area (Å²) in [5.74, 6) is -0.671. The molecular formula is C37H32FN3O6S2. The number of hydrogen-bond donors (Lipinski definition) is 1. The molecule has 250 valence electrons. The molecule has 4 aromatic carbocycles. The molecular weight excluding hydrogens is 666 g/mol. The summed E-state index contributed by atoms with van der Waals surface area (Å²) in [6.07, 6.45) is 0. The zero-order chi connectivity index (χ0) is 34.3. The number of ether oxygens (including phenoxy) is 3. The minimum Gasteiger partial charge on any atom is -0.507 e. The molecule has 0 aliphatic carbocycles. The number of anilines is 1. The number of ketones is 1. The number of hydrogen-bond acceptors (Lipinski definition) is 10. The van der Waals surface area contributed by atoms with Gasteiger partial charge < -0.3 is 19.3 Å². The molecule has 0 spiro atoms. The Kier molecular flexibility index (Phi) is 10.6. The maximum Gasteiger partial charge on any atom is 0.301 e. The number of aliphatic hydroxyl groups excluding tert-OH is 1. The monoisotopic (exact) mass is 697 g/mol. The third-order valence-electron chi connectivity index (χ3n) is 7.61. The van der Waals surface area contributed by atoms with Crippen LogP contribution in [0, 0.1) is 5.82 Å². The Hall–Kier alpha value is -5.20. The Balaban J connectivity index is 1.39. The van der Waals surface area contributed by atoms with E-state index in [4.69, 9.17) is 14.2 Å². The number of Topliss-reactive ketones (excluding diaryl/α,β-unsaturated/α-hetero) is 1. The minimum absolute atomic E-state index is 0.120. The molecule has 1 unspecified atom stereocenters. The number of rotatable bonds is 13. The van der Waals surface area contributed by atoms with Crippen LogP contribution in [0.4, 0.5) is 9.52 Å². The summed E-state index contributed by atoms with van der Waals surface area (Å²) in [7, 11) is 0.